The van der Waals surface area contributed by atoms with Crippen molar-refractivity contribution in [3.8, 4) is 0 Å². The van der Waals surface area contributed by atoms with Gasteiger partial charge < -0.3 is 20.3 Å². The van der Waals surface area contributed by atoms with Gasteiger partial charge in [-0.3, -0.25) is 19.2 Å². The molecule has 4 saturated carbocycles. The third kappa shape index (κ3) is 5.89. The summed E-state index contributed by atoms with van der Waals surface area (Å²) in [6.07, 6.45) is 11.1. The summed E-state index contributed by atoms with van der Waals surface area (Å²) in [5, 5.41) is 20.1. The van der Waals surface area contributed by atoms with E-state index in [0.717, 1.165) is 37.5 Å². The van der Waals surface area contributed by atoms with E-state index in [-0.39, 0.29) is 42.8 Å². The number of amides is 1. The number of hydrogen-bond donors (Lipinski definition) is 3. The lowest BCUT2D eigenvalue weighted by Gasteiger charge is -2.61. The first-order valence-corrected chi connectivity index (χ1v) is 14.8. The van der Waals surface area contributed by atoms with Gasteiger partial charge in [-0.25, -0.2) is 0 Å². The van der Waals surface area contributed by atoms with Crippen molar-refractivity contribution in [2.75, 3.05) is 6.54 Å². The van der Waals surface area contributed by atoms with Gasteiger partial charge in [0.1, 0.15) is 12.6 Å². The summed E-state index contributed by atoms with van der Waals surface area (Å²) >= 11 is 0. The van der Waals surface area contributed by atoms with E-state index in [1.54, 1.807) is 0 Å². The van der Waals surface area contributed by atoms with Gasteiger partial charge in [0.2, 0.25) is 5.91 Å². The molecule has 9 atom stereocenters. The van der Waals surface area contributed by atoms with Crippen LogP contribution in [0.3, 0.4) is 0 Å². The standard InChI is InChI=1S/C30H47NO7/c1-18(4-9-25(32)31-17-27(35)36)22-7-8-23-21-6-5-19-16-20(38-28(37)11-10-26(33)34)12-14-29(19,2)24(21)13-15-30(22,23)3/h18-24H,4-17H2,1-3H3,(H,31,32)(H,33,34)(H,35,36)/t18-,19-,20-,21?,22?,23+,24?,29+,30-/m1/s1. The Labute approximate surface area is 226 Å². The third-order valence-electron chi connectivity index (χ3n) is 11.5. The van der Waals surface area contributed by atoms with Crippen molar-refractivity contribution < 1.29 is 34.1 Å². The van der Waals surface area contributed by atoms with Crippen LogP contribution in [0.1, 0.15) is 104 Å². The number of rotatable bonds is 10. The van der Waals surface area contributed by atoms with Gasteiger partial charge in [-0.1, -0.05) is 20.8 Å². The van der Waals surface area contributed by atoms with E-state index >= 15 is 0 Å². The van der Waals surface area contributed by atoms with Gasteiger partial charge in [0.15, 0.2) is 0 Å². The van der Waals surface area contributed by atoms with E-state index in [2.05, 4.69) is 26.1 Å². The van der Waals surface area contributed by atoms with E-state index in [1.807, 2.05) is 0 Å². The molecule has 0 aromatic rings. The second-order valence-corrected chi connectivity index (χ2v) is 13.4. The number of carboxylic acid groups (broad SMARTS) is 2. The van der Waals surface area contributed by atoms with E-state index < -0.39 is 11.9 Å². The summed E-state index contributed by atoms with van der Waals surface area (Å²) in [7, 11) is 0. The fraction of sp³-hybridized carbons (Fsp3) is 0.867. The van der Waals surface area contributed by atoms with Gasteiger partial charge in [-0.05, 0) is 111 Å². The lowest BCUT2D eigenvalue weighted by Crippen LogP contribution is -2.54. The Morgan fingerprint density at radius 2 is 1.58 bits per heavy atom. The molecule has 0 bridgehead atoms. The Balaban J connectivity index is 1.34. The number of aliphatic carboxylic acids is 2. The Hall–Kier alpha value is -2.12. The smallest absolute Gasteiger partial charge is 0.322 e. The maximum absolute atomic E-state index is 12.1. The first kappa shape index (κ1) is 28.9. The number of carbonyl (C=O) groups excluding carboxylic acids is 2. The lowest BCUT2D eigenvalue weighted by atomic mass is 9.44. The first-order chi connectivity index (χ1) is 17.9. The molecular weight excluding hydrogens is 486 g/mol. The SMILES string of the molecule is C[C@H](CCC(=O)NCC(=O)O)C1CC[C@H]2C3CC[C@@H]4C[C@H](OC(=O)CCC(=O)O)CC[C@]4(C)C3CC[C@]12C. The van der Waals surface area contributed by atoms with Crippen molar-refractivity contribution in [3.63, 3.8) is 0 Å². The molecule has 38 heavy (non-hydrogen) atoms. The average molecular weight is 534 g/mol. The summed E-state index contributed by atoms with van der Waals surface area (Å²) in [6, 6.07) is 0. The quantitative estimate of drug-likeness (QED) is 0.335. The molecule has 0 spiro atoms. The van der Waals surface area contributed by atoms with Gasteiger partial charge in [-0.2, -0.15) is 0 Å². The number of fused-ring (bicyclic) bond motifs is 5. The Kier molecular flexibility index (Phi) is 8.78. The zero-order chi connectivity index (χ0) is 27.7. The molecule has 4 rings (SSSR count). The molecule has 8 nitrogen and oxygen atoms in total. The fourth-order valence-electron chi connectivity index (χ4n) is 9.58. The minimum Gasteiger partial charge on any atom is -0.481 e. The molecule has 0 heterocycles. The van der Waals surface area contributed by atoms with Crippen molar-refractivity contribution in [1.29, 1.82) is 0 Å². The first-order valence-electron chi connectivity index (χ1n) is 14.8. The Bertz CT molecular complexity index is 920. The monoisotopic (exact) mass is 533 g/mol. The highest BCUT2D eigenvalue weighted by molar-refractivity contribution is 5.81. The predicted octanol–water partition coefficient (Wildman–Crippen LogP) is 5.04. The van der Waals surface area contributed by atoms with Crippen LogP contribution < -0.4 is 5.32 Å². The summed E-state index contributed by atoms with van der Waals surface area (Å²) in [5.74, 6) is 1.24. The van der Waals surface area contributed by atoms with E-state index in [9.17, 15) is 19.2 Å². The molecular formula is C30H47NO7. The summed E-state index contributed by atoms with van der Waals surface area (Å²) < 4.78 is 5.70. The largest absolute Gasteiger partial charge is 0.481 e. The van der Waals surface area contributed by atoms with Crippen LogP contribution in [0.4, 0.5) is 0 Å². The van der Waals surface area contributed by atoms with Crippen LogP contribution in [0.25, 0.3) is 0 Å². The van der Waals surface area contributed by atoms with Gasteiger partial charge in [0.25, 0.3) is 0 Å². The minimum atomic E-state index is -1.01. The summed E-state index contributed by atoms with van der Waals surface area (Å²) in [5.41, 5.74) is 0.582. The zero-order valence-electron chi connectivity index (χ0n) is 23.4. The van der Waals surface area contributed by atoms with Crippen LogP contribution in [-0.4, -0.2) is 46.7 Å². The van der Waals surface area contributed by atoms with Gasteiger partial charge in [0, 0.05) is 6.42 Å². The van der Waals surface area contributed by atoms with Crippen molar-refractivity contribution in [1.82, 2.24) is 5.32 Å². The maximum atomic E-state index is 12.1. The number of carboxylic acids is 2. The highest BCUT2D eigenvalue weighted by atomic mass is 16.5. The van der Waals surface area contributed by atoms with Crippen LogP contribution in [-0.2, 0) is 23.9 Å². The van der Waals surface area contributed by atoms with Crippen molar-refractivity contribution in [2.24, 2.45) is 46.3 Å². The van der Waals surface area contributed by atoms with Crippen molar-refractivity contribution in [2.45, 2.75) is 110 Å². The molecule has 3 unspecified atom stereocenters. The molecule has 0 radical (unpaired) electrons. The van der Waals surface area contributed by atoms with Gasteiger partial charge in [0.05, 0.1) is 12.8 Å². The molecule has 0 aliphatic heterocycles. The third-order valence-corrected chi connectivity index (χ3v) is 11.5. The summed E-state index contributed by atoms with van der Waals surface area (Å²) in [6.45, 7) is 6.97. The molecule has 0 saturated heterocycles. The maximum Gasteiger partial charge on any atom is 0.322 e. The molecule has 3 N–H and O–H groups in total. The number of carbonyl (C=O) groups is 4. The van der Waals surface area contributed by atoms with E-state index in [4.69, 9.17) is 14.9 Å². The zero-order valence-corrected chi connectivity index (χ0v) is 23.4. The molecule has 4 fully saturated rings. The number of hydrogen-bond acceptors (Lipinski definition) is 5. The fourth-order valence-corrected chi connectivity index (χ4v) is 9.58. The van der Waals surface area contributed by atoms with E-state index in [0.29, 0.717) is 35.5 Å². The summed E-state index contributed by atoms with van der Waals surface area (Å²) in [4.78, 5) is 45.8. The van der Waals surface area contributed by atoms with Crippen molar-refractivity contribution in [3.05, 3.63) is 0 Å². The van der Waals surface area contributed by atoms with Crippen LogP contribution >= 0.6 is 0 Å². The predicted molar refractivity (Wildman–Crippen MR) is 141 cm³/mol. The highest BCUT2D eigenvalue weighted by Crippen LogP contribution is 2.68. The molecule has 4 aliphatic rings. The van der Waals surface area contributed by atoms with Gasteiger partial charge in [-0.15, -0.1) is 0 Å². The molecule has 8 heteroatoms. The highest BCUT2D eigenvalue weighted by Gasteiger charge is 2.60. The Morgan fingerprint density at radius 3 is 2.29 bits per heavy atom. The number of ether oxygens (including phenoxy) is 1. The topological polar surface area (TPSA) is 130 Å². The van der Waals surface area contributed by atoms with E-state index in [1.165, 1.54) is 38.5 Å². The van der Waals surface area contributed by atoms with Crippen molar-refractivity contribution >= 4 is 23.8 Å². The molecule has 0 aromatic heterocycles. The second kappa shape index (κ2) is 11.5. The van der Waals surface area contributed by atoms with Crippen LogP contribution in [0, 0.1) is 46.3 Å². The Morgan fingerprint density at radius 1 is 0.868 bits per heavy atom. The number of esters is 1. The van der Waals surface area contributed by atoms with Gasteiger partial charge >= 0.3 is 17.9 Å². The minimum absolute atomic E-state index is 0.0503. The molecule has 4 aliphatic carbocycles. The number of nitrogens with one attached hydrogen (secondary N) is 1. The van der Waals surface area contributed by atoms with Crippen LogP contribution in [0.15, 0.2) is 0 Å². The molecule has 214 valence electrons. The van der Waals surface area contributed by atoms with Crippen LogP contribution in [0.5, 0.6) is 0 Å². The second-order valence-electron chi connectivity index (χ2n) is 13.4. The van der Waals surface area contributed by atoms with Crippen LogP contribution in [0.2, 0.25) is 0 Å². The normalized spacial score (nSPS) is 38.7. The lowest BCUT2D eigenvalue weighted by molar-refractivity contribution is -0.164. The average Bonchev–Trinajstić information content (AvgIpc) is 3.22. The molecule has 1 amide bonds. The molecule has 0 aromatic carbocycles.